The maximum atomic E-state index is 12.0. The van der Waals surface area contributed by atoms with E-state index in [-0.39, 0.29) is 10.8 Å². The van der Waals surface area contributed by atoms with Crippen LogP contribution in [0.15, 0.2) is 16.3 Å². The van der Waals surface area contributed by atoms with Crippen molar-refractivity contribution in [2.75, 3.05) is 13.6 Å². The lowest BCUT2D eigenvalue weighted by Gasteiger charge is -2.15. The summed E-state index contributed by atoms with van der Waals surface area (Å²) >= 11 is 11.4. The lowest BCUT2D eigenvalue weighted by Crippen LogP contribution is -2.29. The van der Waals surface area contributed by atoms with Crippen LogP contribution in [0, 0.1) is 0 Å². The molecule has 1 rings (SSSR count). The molecule has 0 spiro atoms. The van der Waals surface area contributed by atoms with E-state index in [1.165, 1.54) is 17.4 Å². The lowest BCUT2D eigenvalue weighted by atomic mass is 10.4. The molecule has 0 radical (unpaired) electrons. The molecule has 1 aromatic rings. The Balaban J connectivity index is 2.82. The summed E-state index contributed by atoms with van der Waals surface area (Å²) in [5.74, 6) is 0. The number of hydrogen-bond acceptors (Lipinski definition) is 4. The van der Waals surface area contributed by atoms with Gasteiger partial charge >= 0.3 is 0 Å². The molecular formula is C8H11ClN2O2S3. The fraction of sp³-hybridized carbons (Fsp3) is 0.375. The fourth-order valence-electron chi connectivity index (χ4n) is 0.978. The number of nitrogens with two attached hydrogens (primary N) is 1. The van der Waals surface area contributed by atoms with Gasteiger partial charge < -0.3 is 5.73 Å². The third-order valence-corrected chi connectivity index (χ3v) is 5.65. The van der Waals surface area contributed by atoms with E-state index in [2.05, 4.69) is 0 Å². The topological polar surface area (TPSA) is 63.4 Å². The number of rotatable bonds is 5. The van der Waals surface area contributed by atoms with Crippen LogP contribution in [0.2, 0.25) is 4.34 Å². The summed E-state index contributed by atoms with van der Waals surface area (Å²) in [6.45, 7) is 0.271. The molecule has 0 saturated carbocycles. The van der Waals surface area contributed by atoms with Crippen LogP contribution >= 0.6 is 35.2 Å². The van der Waals surface area contributed by atoms with Crippen molar-refractivity contribution >= 4 is 50.2 Å². The van der Waals surface area contributed by atoms with Gasteiger partial charge in [-0.3, -0.25) is 0 Å². The van der Waals surface area contributed by atoms with Crippen LogP contribution in [0.3, 0.4) is 0 Å². The highest BCUT2D eigenvalue weighted by atomic mass is 35.5. The van der Waals surface area contributed by atoms with Crippen molar-refractivity contribution in [1.29, 1.82) is 0 Å². The minimum Gasteiger partial charge on any atom is -0.393 e. The highest BCUT2D eigenvalue weighted by Gasteiger charge is 2.22. The van der Waals surface area contributed by atoms with Gasteiger partial charge in [-0.05, 0) is 12.1 Å². The van der Waals surface area contributed by atoms with Gasteiger partial charge in [-0.1, -0.05) is 23.8 Å². The molecule has 0 aromatic carbocycles. The highest BCUT2D eigenvalue weighted by Crippen LogP contribution is 2.27. The van der Waals surface area contributed by atoms with E-state index >= 15 is 0 Å². The summed E-state index contributed by atoms with van der Waals surface area (Å²) in [7, 11) is -1.97. The Kier molecular flexibility index (Phi) is 4.69. The van der Waals surface area contributed by atoms with Crippen molar-refractivity contribution in [1.82, 2.24) is 4.31 Å². The molecule has 8 heteroatoms. The molecule has 0 unspecified atom stereocenters. The molecule has 0 fully saturated rings. The summed E-state index contributed by atoms with van der Waals surface area (Å²) in [5.41, 5.74) is 5.32. The molecule has 90 valence electrons. The van der Waals surface area contributed by atoms with Gasteiger partial charge in [-0.25, -0.2) is 8.42 Å². The summed E-state index contributed by atoms with van der Waals surface area (Å²) < 4.78 is 25.8. The first kappa shape index (κ1) is 13.9. The molecule has 0 aliphatic rings. The van der Waals surface area contributed by atoms with Crippen LogP contribution in [0.1, 0.15) is 6.42 Å². The number of sulfonamides is 1. The summed E-state index contributed by atoms with van der Waals surface area (Å²) in [5, 5.41) is 0. The second kappa shape index (κ2) is 5.42. The number of nitrogens with zero attached hydrogens (tertiary/aromatic N) is 1. The molecule has 0 atom stereocenters. The van der Waals surface area contributed by atoms with Crippen molar-refractivity contribution < 1.29 is 8.42 Å². The van der Waals surface area contributed by atoms with Crippen molar-refractivity contribution in [3.8, 4) is 0 Å². The van der Waals surface area contributed by atoms with Crippen LogP contribution in [-0.2, 0) is 10.0 Å². The molecule has 1 aromatic heterocycles. The van der Waals surface area contributed by atoms with E-state index in [1.807, 2.05) is 0 Å². The van der Waals surface area contributed by atoms with Gasteiger partial charge in [0.15, 0.2) is 0 Å². The van der Waals surface area contributed by atoms with Crippen molar-refractivity contribution in [3.05, 3.63) is 16.5 Å². The Hall–Kier alpha value is -0.210. The third kappa shape index (κ3) is 3.39. The number of thiophene rings is 1. The zero-order valence-electron chi connectivity index (χ0n) is 8.51. The minimum absolute atomic E-state index is 0.225. The Morgan fingerprint density at radius 2 is 2.25 bits per heavy atom. The minimum atomic E-state index is -3.46. The first-order valence-corrected chi connectivity index (χ1v) is 7.38. The van der Waals surface area contributed by atoms with E-state index in [0.29, 0.717) is 15.7 Å². The van der Waals surface area contributed by atoms with Gasteiger partial charge in [0.05, 0.1) is 9.32 Å². The van der Waals surface area contributed by atoms with E-state index in [9.17, 15) is 8.42 Å². The Bertz CT molecular complexity index is 483. The van der Waals surface area contributed by atoms with Gasteiger partial charge in [-0.15, -0.1) is 11.3 Å². The van der Waals surface area contributed by atoms with Crippen molar-refractivity contribution in [2.24, 2.45) is 5.73 Å². The standard InChI is InChI=1S/C8H11ClN2O2S3/c1-11(5-4-7(10)14)16(12,13)8-3-2-6(9)15-8/h2-3H,4-5H2,1H3,(H2,10,14). The molecule has 16 heavy (non-hydrogen) atoms. The first-order chi connectivity index (χ1) is 7.34. The Labute approximate surface area is 109 Å². The fourth-order valence-corrected chi connectivity index (χ4v) is 3.93. The normalized spacial score (nSPS) is 11.9. The number of hydrogen-bond donors (Lipinski definition) is 1. The van der Waals surface area contributed by atoms with Gasteiger partial charge in [0, 0.05) is 20.0 Å². The molecule has 1 heterocycles. The van der Waals surface area contributed by atoms with Crippen LogP contribution in [-0.4, -0.2) is 31.3 Å². The van der Waals surface area contributed by atoms with E-state index in [4.69, 9.17) is 29.6 Å². The highest BCUT2D eigenvalue weighted by molar-refractivity contribution is 7.91. The third-order valence-electron chi connectivity index (χ3n) is 1.89. The average molecular weight is 299 g/mol. The van der Waals surface area contributed by atoms with Gasteiger partial charge in [0.1, 0.15) is 4.21 Å². The van der Waals surface area contributed by atoms with E-state index < -0.39 is 10.0 Å². The zero-order chi connectivity index (χ0) is 12.3. The predicted octanol–water partition coefficient (Wildman–Crippen LogP) is 1.70. The maximum absolute atomic E-state index is 12.0. The van der Waals surface area contributed by atoms with E-state index in [1.54, 1.807) is 6.07 Å². The Morgan fingerprint density at radius 3 is 2.69 bits per heavy atom. The average Bonchev–Trinajstić information content (AvgIpc) is 2.61. The molecule has 0 aliphatic heterocycles. The largest absolute Gasteiger partial charge is 0.393 e. The summed E-state index contributed by atoms with van der Waals surface area (Å²) in [6.07, 6.45) is 0.365. The van der Waals surface area contributed by atoms with Crippen LogP contribution < -0.4 is 5.73 Å². The summed E-state index contributed by atoms with van der Waals surface area (Å²) in [6, 6.07) is 3.04. The van der Waals surface area contributed by atoms with Gasteiger partial charge in [-0.2, -0.15) is 4.31 Å². The molecule has 0 amide bonds. The molecular weight excluding hydrogens is 288 g/mol. The zero-order valence-corrected chi connectivity index (χ0v) is 11.7. The Morgan fingerprint density at radius 1 is 1.62 bits per heavy atom. The van der Waals surface area contributed by atoms with Gasteiger partial charge in [0.2, 0.25) is 0 Å². The second-order valence-electron chi connectivity index (χ2n) is 3.10. The predicted molar refractivity (Wildman–Crippen MR) is 70.5 cm³/mol. The number of thiocarbonyl (C=S) groups is 1. The second-order valence-corrected chi connectivity index (χ2v) is 7.61. The van der Waals surface area contributed by atoms with Crippen LogP contribution in [0.5, 0.6) is 0 Å². The lowest BCUT2D eigenvalue weighted by molar-refractivity contribution is 0.480. The number of halogens is 1. The summed E-state index contributed by atoms with van der Waals surface area (Å²) in [4.78, 5) is 0.297. The monoisotopic (exact) mass is 298 g/mol. The van der Waals surface area contributed by atoms with Crippen LogP contribution in [0.25, 0.3) is 0 Å². The van der Waals surface area contributed by atoms with Crippen molar-refractivity contribution in [2.45, 2.75) is 10.6 Å². The quantitative estimate of drug-likeness (QED) is 0.841. The molecule has 4 nitrogen and oxygen atoms in total. The molecule has 0 saturated heterocycles. The first-order valence-electron chi connectivity index (χ1n) is 4.34. The molecule has 2 N–H and O–H groups in total. The molecule has 0 bridgehead atoms. The van der Waals surface area contributed by atoms with Crippen molar-refractivity contribution in [3.63, 3.8) is 0 Å². The van der Waals surface area contributed by atoms with E-state index in [0.717, 1.165) is 11.3 Å². The maximum Gasteiger partial charge on any atom is 0.252 e. The van der Waals surface area contributed by atoms with Crippen LogP contribution in [0.4, 0.5) is 0 Å². The molecule has 0 aliphatic carbocycles. The smallest absolute Gasteiger partial charge is 0.252 e. The van der Waals surface area contributed by atoms with Gasteiger partial charge in [0.25, 0.3) is 10.0 Å². The SMILES string of the molecule is CN(CCC(N)=S)S(=O)(=O)c1ccc(Cl)s1.